The average Bonchev–Trinajstić information content (AvgIpc) is 2.72. The molecule has 0 bridgehead atoms. The summed E-state index contributed by atoms with van der Waals surface area (Å²) in [5.74, 6) is -0.144. The molecule has 5 heteroatoms. The molecule has 2 rings (SSSR count). The zero-order valence-electron chi connectivity index (χ0n) is 16.7. The number of benzene rings is 2. The summed E-state index contributed by atoms with van der Waals surface area (Å²) in [6.07, 6.45) is 2.76. The van der Waals surface area contributed by atoms with E-state index in [4.69, 9.17) is 11.6 Å². The molecule has 0 spiro atoms. The molecule has 0 aliphatic heterocycles. The Bertz CT molecular complexity index is 747. The lowest BCUT2D eigenvalue weighted by molar-refractivity contribution is -0.141. The second-order valence-corrected chi connectivity index (χ2v) is 7.29. The standard InChI is InChI=1S/C23H29ClN2O2/c1-3-5-15-25-23(28)21(16-18-9-7-6-8-10-18)26(22(27)4-2)17-19-11-13-20(24)14-12-19/h6-14,21H,3-5,15-17H2,1-2H3,(H,25,28). The van der Waals surface area contributed by atoms with Gasteiger partial charge in [0.05, 0.1) is 0 Å². The van der Waals surface area contributed by atoms with E-state index in [1.165, 1.54) is 0 Å². The summed E-state index contributed by atoms with van der Waals surface area (Å²) in [4.78, 5) is 27.5. The van der Waals surface area contributed by atoms with Crippen molar-refractivity contribution in [2.45, 2.75) is 52.1 Å². The summed E-state index contributed by atoms with van der Waals surface area (Å²) in [5.41, 5.74) is 1.98. The molecule has 0 aliphatic rings. The summed E-state index contributed by atoms with van der Waals surface area (Å²) in [6, 6.07) is 16.7. The van der Waals surface area contributed by atoms with Crippen LogP contribution in [0.25, 0.3) is 0 Å². The number of hydrogen-bond acceptors (Lipinski definition) is 2. The predicted molar refractivity (Wildman–Crippen MR) is 114 cm³/mol. The fourth-order valence-corrected chi connectivity index (χ4v) is 3.18. The minimum absolute atomic E-state index is 0.0403. The molecule has 0 heterocycles. The predicted octanol–water partition coefficient (Wildman–Crippen LogP) is 4.61. The highest BCUT2D eigenvalue weighted by atomic mass is 35.5. The summed E-state index contributed by atoms with van der Waals surface area (Å²) >= 11 is 5.98. The molecule has 1 unspecified atom stereocenters. The lowest BCUT2D eigenvalue weighted by atomic mass is 10.0. The van der Waals surface area contributed by atoms with Crippen molar-refractivity contribution in [2.75, 3.05) is 6.54 Å². The number of nitrogens with zero attached hydrogens (tertiary/aromatic N) is 1. The number of halogens is 1. The Kier molecular flexibility index (Phi) is 9.02. The minimum atomic E-state index is -0.553. The van der Waals surface area contributed by atoms with Crippen LogP contribution in [0.2, 0.25) is 5.02 Å². The number of nitrogens with one attached hydrogen (secondary N) is 1. The van der Waals surface area contributed by atoms with Crippen LogP contribution in [0.15, 0.2) is 54.6 Å². The van der Waals surface area contributed by atoms with Gasteiger partial charge in [-0.1, -0.05) is 74.3 Å². The van der Waals surface area contributed by atoms with Crippen LogP contribution >= 0.6 is 11.6 Å². The first kappa shape index (κ1) is 22.0. The van der Waals surface area contributed by atoms with Crippen LogP contribution in [0.3, 0.4) is 0 Å². The third-order valence-electron chi connectivity index (χ3n) is 4.67. The molecule has 2 amide bonds. The van der Waals surface area contributed by atoms with E-state index in [0.717, 1.165) is 24.0 Å². The van der Waals surface area contributed by atoms with Gasteiger partial charge in [0.25, 0.3) is 0 Å². The SMILES string of the molecule is CCCCNC(=O)C(Cc1ccccc1)N(Cc1ccc(Cl)cc1)C(=O)CC. The van der Waals surface area contributed by atoms with E-state index in [2.05, 4.69) is 12.2 Å². The number of rotatable bonds is 10. The van der Waals surface area contributed by atoms with Crippen molar-refractivity contribution in [1.29, 1.82) is 0 Å². The average molecular weight is 401 g/mol. The smallest absolute Gasteiger partial charge is 0.243 e. The van der Waals surface area contributed by atoms with Crippen molar-refractivity contribution >= 4 is 23.4 Å². The van der Waals surface area contributed by atoms with E-state index in [1.807, 2.05) is 49.4 Å². The molecular formula is C23H29ClN2O2. The lowest BCUT2D eigenvalue weighted by Crippen LogP contribution is -2.50. The van der Waals surface area contributed by atoms with Gasteiger partial charge in [-0.25, -0.2) is 0 Å². The maximum Gasteiger partial charge on any atom is 0.243 e. The minimum Gasteiger partial charge on any atom is -0.354 e. The molecule has 150 valence electrons. The third kappa shape index (κ3) is 6.68. The van der Waals surface area contributed by atoms with E-state index in [9.17, 15) is 9.59 Å². The monoisotopic (exact) mass is 400 g/mol. The Balaban J connectivity index is 2.28. The molecular weight excluding hydrogens is 372 g/mol. The molecule has 0 saturated carbocycles. The molecule has 0 radical (unpaired) electrons. The lowest BCUT2D eigenvalue weighted by Gasteiger charge is -2.31. The zero-order valence-corrected chi connectivity index (χ0v) is 17.4. The third-order valence-corrected chi connectivity index (χ3v) is 4.92. The second-order valence-electron chi connectivity index (χ2n) is 6.85. The molecule has 0 aromatic heterocycles. The summed E-state index contributed by atoms with van der Waals surface area (Å²) in [5, 5.41) is 3.65. The summed E-state index contributed by atoms with van der Waals surface area (Å²) in [7, 11) is 0. The highest BCUT2D eigenvalue weighted by Gasteiger charge is 2.29. The van der Waals surface area contributed by atoms with Crippen molar-refractivity contribution in [1.82, 2.24) is 10.2 Å². The Morgan fingerprint density at radius 2 is 1.68 bits per heavy atom. The molecule has 1 atom stereocenters. The number of hydrogen-bond donors (Lipinski definition) is 1. The molecule has 1 N–H and O–H groups in total. The van der Waals surface area contributed by atoms with Crippen LogP contribution in [0.4, 0.5) is 0 Å². The van der Waals surface area contributed by atoms with Crippen LogP contribution in [0, 0.1) is 0 Å². The number of unbranched alkanes of at least 4 members (excludes halogenated alkanes) is 1. The first-order chi connectivity index (χ1) is 13.5. The van der Waals surface area contributed by atoms with E-state index in [-0.39, 0.29) is 11.8 Å². The maximum atomic E-state index is 13.0. The van der Waals surface area contributed by atoms with Crippen LogP contribution < -0.4 is 5.32 Å². The van der Waals surface area contributed by atoms with Crippen molar-refractivity contribution < 1.29 is 9.59 Å². The molecule has 0 saturated heterocycles. The molecule has 2 aromatic carbocycles. The topological polar surface area (TPSA) is 49.4 Å². The van der Waals surface area contributed by atoms with Gasteiger partial charge in [-0.15, -0.1) is 0 Å². The normalized spacial score (nSPS) is 11.7. The van der Waals surface area contributed by atoms with Crippen molar-refractivity contribution in [3.05, 3.63) is 70.7 Å². The van der Waals surface area contributed by atoms with E-state index < -0.39 is 6.04 Å². The van der Waals surface area contributed by atoms with Crippen molar-refractivity contribution in [3.63, 3.8) is 0 Å². The molecule has 0 fully saturated rings. The highest BCUT2D eigenvalue weighted by molar-refractivity contribution is 6.30. The van der Waals surface area contributed by atoms with Gasteiger partial charge in [0.1, 0.15) is 6.04 Å². The molecule has 4 nitrogen and oxygen atoms in total. The van der Waals surface area contributed by atoms with Gasteiger partial charge in [-0.05, 0) is 29.7 Å². The van der Waals surface area contributed by atoms with Gasteiger partial charge in [0.2, 0.25) is 11.8 Å². The van der Waals surface area contributed by atoms with Gasteiger partial charge < -0.3 is 10.2 Å². The van der Waals surface area contributed by atoms with Gasteiger partial charge in [0, 0.05) is 31.0 Å². The van der Waals surface area contributed by atoms with Gasteiger partial charge in [-0.2, -0.15) is 0 Å². The van der Waals surface area contributed by atoms with Crippen LogP contribution in [0.1, 0.15) is 44.2 Å². The Morgan fingerprint density at radius 1 is 1.00 bits per heavy atom. The second kappa shape index (κ2) is 11.5. The van der Waals surface area contributed by atoms with Crippen LogP contribution in [-0.2, 0) is 22.6 Å². The number of carbonyl (C=O) groups is 2. The molecule has 0 aliphatic carbocycles. The van der Waals surface area contributed by atoms with Crippen LogP contribution in [0.5, 0.6) is 0 Å². The number of carbonyl (C=O) groups excluding carboxylic acids is 2. The van der Waals surface area contributed by atoms with Crippen LogP contribution in [-0.4, -0.2) is 29.3 Å². The first-order valence-corrected chi connectivity index (χ1v) is 10.3. The van der Waals surface area contributed by atoms with E-state index in [1.54, 1.807) is 17.0 Å². The first-order valence-electron chi connectivity index (χ1n) is 9.90. The highest BCUT2D eigenvalue weighted by Crippen LogP contribution is 2.17. The quantitative estimate of drug-likeness (QED) is 0.592. The fourth-order valence-electron chi connectivity index (χ4n) is 3.05. The van der Waals surface area contributed by atoms with E-state index in [0.29, 0.717) is 31.0 Å². The number of amides is 2. The molecule has 28 heavy (non-hydrogen) atoms. The van der Waals surface area contributed by atoms with Gasteiger partial charge in [-0.3, -0.25) is 9.59 Å². The fraction of sp³-hybridized carbons (Fsp3) is 0.391. The molecule has 2 aromatic rings. The van der Waals surface area contributed by atoms with Crippen molar-refractivity contribution in [3.8, 4) is 0 Å². The summed E-state index contributed by atoms with van der Waals surface area (Å²) in [6.45, 7) is 4.91. The van der Waals surface area contributed by atoms with E-state index >= 15 is 0 Å². The van der Waals surface area contributed by atoms with Gasteiger partial charge in [0.15, 0.2) is 0 Å². The zero-order chi connectivity index (χ0) is 20.4. The Labute approximate surface area is 172 Å². The summed E-state index contributed by atoms with van der Waals surface area (Å²) < 4.78 is 0. The Morgan fingerprint density at radius 3 is 2.29 bits per heavy atom. The van der Waals surface area contributed by atoms with Crippen molar-refractivity contribution in [2.24, 2.45) is 0 Å². The van der Waals surface area contributed by atoms with Gasteiger partial charge >= 0.3 is 0 Å². The largest absolute Gasteiger partial charge is 0.354 e. The maximum absolute atomic E-state index is 13.0. The Hall–Kier alpha value is -2.33.